The van der Waals surface area contributed by atoms with Gasteiger partial charge < -0.3 is 10.0 Å². The maximum atomic E-state index is 13.2. The van der Waals surface area contributed by atoms with Gasteiger partial charge >= 0.3 is 0 Å². The van der Waals surface area contributed by atoms with Gasteiger partial charge in [0.1, 0.15) is 0 Å². The van der Waals surface area contributed by atoms with E-state index in [0.717, 1.165) is 25.0 Å². The van der Waals surface area contributed by atoms with Gasteiger partial charge in [-0.25, -0.2) is 8.78 Å². The van der Waals surface area contributed by atoms with Gasteiger partial charge in [-0.2, -0.15) is 0 Å². The molecule has 1 aliphatic heterocycles. The third-order valence-electron chi connectivity index (χ3n) is 3.30. The van der Waals surface area contributed by atoms with Crippen LogP contribution in [-0.2, 0) is 0 Å². The summed E-state index contributed by atoms with van der Waals surface area (Å²) in [5, 5.41) is 9.14. The average molecular weight is 334 g/mol. The molecule has 19 heavy (non-hydrogen) atoms. The number of nitrogens with zero attached hydrogens (tertiary/aromatic N) is 1. The molecule has 1 N–H and O–H groups in total. The van der Waals surface area contributed by atoms with E-state index in [-0.39, 0.29) is 28.5 Å². The summed E-state index contributed by atoms with van der Waals surface area (Å²) >= 11 is 3.08. The zero-order chi connectivity index (χ0) is 14.0. The SMILES string of the molecule is O=C(c1cc(F)c(F)cc1Br)N1CCCC(CO)C1. The van der Waals surface area contributed by atoms with E-state index >= 15 is 0 Å². The molecule has 1 unspecified atom stereocenters. The van der Waals surface area contributed by atoms with Crippen molar-refractivity contribution in [3.63, 3.8) is 0 Å². The van der Waals surface area contributed by atoms with E-state index in [1.807, 2.05) is 0 Å². The van der Waals surface area contributed by atoms with Crippen molar-refractivity contribution in [3.8, 4) is 0 Å². The van der Waals surface area contributed by atoms with E-state index in [2.05, 4.69) is 15.9 Å². The Morgan fingerprint density at radius 1 is 1.42 bits per heavy atom. The summed E-state index contributed by atoms with van der Waals surface area (Å²) in [6.07, 6.45) is 1.68. The Kier molecular flexibility index (Phi) is 4.52. The van der Waals surface area contributed by atoms with Gasteiger partial charge in [0.25, 0.3) is 5.91 Å². The van der Waals surface area contributed by atoms with Gasteiger partial charge in [-0.05, 0) is 46.8 Å². The second-order valence-corrected chi connectivity index (χ2v) is 5.54. The highest BCUT2D eigenvalue weighted by Crippen LogP contribution is 2.24. The summed E-state index contributed by atoms with van der Waals surface area (Å²) in [6.45, 7) is 1.05. The number of carbonyl (C=O) groups is 1. The van der Waals surface area contributed by atoms with Crippen LogP contribution in [0.4, 0.5) is 8.78 Å². The fourth-order valence-electron chi connectivity index (χ4n) is 2.26. The third kappa shape index (κ3) is 3.12. The smallest absolute Gasteiger partial charge is 0.255 e. The molecule has 0 aromatic heterocycles. The fourth-order valence-corrected chi connectivity index (χ4v) is 2.74. The molecule has 0 aliphatic carbocycles. The van der Waals surface area contributed by atoms with E-state index in [0.29, 0.717) is 13.1 Å². The first-order valence-corrected chi connectivity index (χ1v) is 6.87. The van der Waals surface area contributed by atoms with Crippen molar-refractivity contribution in [2.75, 3.05) is 19.7 Å². The summed E-state index contributed by atoms with van der Waals surface area (Å²) < 4.78 is 26.5. The van der Waals surface area contributed by atoms with Crippen molar-refractivity contribution >= 4 is 21.8 Å². The number of benzene rings is 1. The first-order valence-electron chi connectivity index (χ1n) is 6.07. The number of carbonyl (C=O) groups excluding carboxylic acids is 1. The maximum absolute atomic E-state index is 13.2. The highest BCUT2D eigenvalue weighted by molar-refractivity contribution is 9.10. The Labute approximate surface area is 118 Å². The van der Waals surface area contributed by atoms with Crippen LogP contribution >= 0.6 is 15.9 Å². The van der Waals surface area contributed by atoms with E-state index in [1.165, 1.54) is 0 Å². The number of halogens is 3. The number of aliphatic hydroxyl groups is 1. The number of aliphatic hydroxyl groups excluding tert-OH is 1. The molecule has 1 fully saturated rings. The van der Waals surface area contributed by atoms with Gasteiger partial charge in [-0.3, -0.25) is 4.79 Å². The molecule has 0 saturated carbocycles. The van der Waals surface area contributed by atoms with Crippen molar-refractivity contribution in [1.29, 1.82) is 0 Å². The normalized spacial score (nSPS) is 19.6. The summed E-state index contributed by atoms with van der Waals surface area (Å²) in [5.41, 5.74) is 0.109. The van der Waals surface area contributed by atoms with Crippen LogP contribution in [0.5, 0.6) is 0 Å². The van der Waals surface area contributed by atoms with Gasteiger partial charge in [0, 0.05) is 24.2 Å². The topological polar surface area (TPSA) is 40.5 Å². The molecule has 1 aromatic rings. The summed E-state index contributed by atoms with van der Waals surface area (Å²) in [5.74, 6) is -2.32. The van der Waals surface area contributed by atoms with Crippen LogP contribution in [-0.4, -0.2) is 35.6 Å². The van der Waals surface area contributed by atoms with Crippen molar-refractivity contribution in [2.24, 2.45) is 5.92 Å². The number of hydrogen-bond donors (Lipinski definition) is 1. The molecule has 1 aromatic carbocycles. The van der Waals surface area contributed by atoms with Crippen LogP contribution in [0.3, 0.4) is 0 Å². The van der Waals surface area contributed by atoms with Gasteiger partial charge in [0.05, 0.1) is 5.56 Å². The van der Waals surface area contributed by atoms with E-state index in [1.54, 1.807) is 4.90 Å². The third-order valence-corrected chi connectivity index (χ3v) is 3.96. The Morgan fingerprint density at radius 3 is 2.79 bits per heavy atom. The number of amides is 1. The number of piperidine rings is 1. The Morgan fingerprint density at radius 2 is 2.11 bits per heavy atom. The van der Waals surface area contributed by atoms with Crippen molar-refractivity contribution in [2.45, 2.75) is 12.8 Å². The second-order valence-electron chi connectivity index (χ2n) is 4.69. The van der Waals surface area contributed by atoms with Crippen LogP contribution in [0.2, 0.25) is 0 Å². The van der Waals surface area contributed by atoms with Gasteiger partial charge in [-0.15, -0.1) is 0 Å². The highest BCUT2D eigenvalue weighted by atomic mass is 79.9. The highest BCUT2D eigenvalue weighted by Gasteiger charge is 2.26. The lowest BCUT2D eigenvalue weighted by atomic mass is 9.98. The lowest BCUT2D eigenvalue weighted by Crippen LogP contribution is -2.41. The molecule has 1 heterocycles. The first kappa shape index (κ1) is 14.4. The molecule has 0 spiro atoms. The number of rotatable bonds is 2. The predicted molar refractivity (Wildman–Crippen MR) is 69.8 cm³/mol. The quantitative estimate of drug-likeness (QED) is 0.845. The molecule has 1 atom stereocenters. The van der Waals surface area contributed by atoms with Crippen LogP contribution in [0.25, 0.3) is 0 Å². The standard InChI is InChI=1S/C13H14BrF2NO2/c14-10-5-12(16)11(15)4-9(10)13(19)17-3-1-2-8(6-17)7-18/h4-5,8,18H,1-3,6-7H2. The minimum absolute atomic E-state index is 0.0305. The number of likely N-dealkylation sites (tertiary alicyclic amines) is 1. The molecule has 1 amide bonds. The van der Waals surface area contributed by atoms with Crippen LogP contribution in [0.1, 0.15) is 23.2 Å². The molecule has 1 saturated heterocycles. The number of hydrogen-bond acceptors (Lipinski definition) is 2. The van der Waals surface area contributed by atoms with Crippen LogP contribution < -0.4 is 0 Å². The Hall–Kier alpha value is -1.01. The molecule has 6 heteroatoms. The molecule has 1 aliphatic rings. The largest absolute Gasteiger partial charge is 0.396 e. The molecular weight excluding hydrogens is 320 g/mol. The van der Waals surface area contributed by atoms with Crippen molar-refractivity contribution in [3.05, 3.63) is 33.8 Å². The molecule has 104 valence electrons. The minimum atomic E-state index is -1.04. The van der Waals surface area contributed by atoms with E-state index in [9.17, 15) is 13.6 Å². The predicted octanol–water partition coefficient (Wildman–Crippen LogP) is 2.57. The average Bonchev–Trinajstić information content (AvgIpc) is 2.42. The lowest BCUT2D eigenvalue weighted by molar-refractivity contribution is 0.0619. The summed E-state index contributed by atoms with van der Waals surface area (Å²) in [4.78, 5) is 13.8. The molecule has 3 nitrogen and oxygen atoms in total. The lowest BCUT2D eigenvalue weighted by Gasteiger charge is -2.32. The van der Waals surface area contributed by atoms with Gasteiger partial charge in [0.2, 0.25) is 0 Å². The van der Waals surface area contributed by atoms with Crippen LogP contribution in [0, 0.1) is 17.6 Å². The molecule has 0 bridgehead atoms. The molecule has 2 rings (SSSR count). The summed E-state index contributed by atoms with van der Waals surface area (Å²) in [7, 11) is 0. The van der Waals surface area contributed by atoms with Gasteiger partial charge in [0.15, 0.2) is 11.6 Å². The van der Waals surface area contributed by atoms with Crippen molar-refractivity contribution in [1.82, 2.24) is 4.90 Å². The zero-order valence-electron chi connectivity index (χ0n) is 10.2. The molecule has 0 radical (unpaired) electrons. The monoisotopic (exact) mass is 333 g/mol. The van der Waals surface area contributed by atoms with Gasteiger partial charge in [-0.1, -0.05) is 0 Å². The first-order chi connectivity index (χ1) is 9.02. The maximum Gasteiger partial charge on any atom is 0.255 e. The Bertz CT molecular complexity index is 496. The summed E-state index contributed by atoms with van der Waals surface area (Å²) in [6, 6.07) is 1.86. The fraction of sp³-hybridized carbons (Fsp3) is 0.462. The minimum Gasteiger partial charge on any atom is -0.396 e. The Balaban J connectivity index is 2.22. The van der Waals surface area contributed by atoms with Crippen LogP contribution in [0.15, 0.2) is 16.6 Å². The molecular formula is C13H14BrF2NO2. The van der Waals surface area contributed by atoms with Crippen molar-refractivity contribution < 1.29 is 18.7 Å². The zero-order valence-corrected chi connectivity index (χ0v) is 11.8. The van der Waals surface area contributed by atoms with E-state index in [4.69, 9.17) is 5.11 Å². The van der Waals surface area contributed by atoms with E-state index < -0.39 is 11.6 Å². The second kappa shape index (κ2) is 5.96.